The number of aromatic amines is 2. The number of carbonyl (C=O) groups excluding carboxylic acids is 2. The first kappa shape index (κ1) is 21.2. The molecule has 3 aromatic rings. The lowest BCUT2D eigenvalue weighted by Crippen LogP contribution is -2.38. The monoisotopic (exact) mass is 432 g/mol. The fourth-order valence-electron chi connectivity index (χ4n) is 4.01. The summed E-state index contributed by atoms with van der Waals surface area (Å²) in [5.74, 6) is -0.960. The van der Waals surface area contributed by atoms with Gasteiger partial charge in [0.05, 0.1) is 5.92 Å². The van der Waals surface area contributed by atoms with Gasteiger partial charge in [-0.3, -0.25) is 19.6 Å². The van der Waals surface area contributed by atoms with Gasteiger partial charge in [0.25, 0.3) is 5.91 Å². The number of amides is 2. The van der Waals surface area contributed by atoms with Crippen LogP contribution in [0.2, 0.25) is 0 Å². The highest BCUT2D eigenvalue weighted by atomic mass is 16.2. The van der Waals surface area contributed by atoms with Gasteiger partial charge in [0, 0.05) is 44.1 Å². The molecule has 3 heterocycles. The molecule has 1 atom stereocenters. The Labute approximate surface area is 184 Å². The Balaban J connectivity index is 1.64. The van der Waals surface area contributed by atoms with Crippen molar-refractivity contribution in [2.45, 2.75) is 6.42 Å². The lowest BCUT2D eigenvalue weighted by molar-refractivity contribution is -0.134. The predicted octanol–water partition coefficient (Wildman–Crippen LogP) is 1.49. The molecule has 0 saturated carbocycles. The second-order valence-electron chi connectivity index (χ2n) is 7.65. The van der Waals surface area contributed by atoms with Crippen molar-refractivity contribution in [2.75, 3.05) is 26.2 Å². The number of hydrogen-bond acceptors (Lipinski definition) is 5. The Kier molecular flexibility index (Phi) is 6.25. The maximum atomic E-state index is 13.3. The molecule has 2 amide bonds. The first-order chi connectivity index (χ1) is 15.6. The molecule has 1 aromatic carbocycles. The van der Waals surface area contributed by atoms with Crippen LogP contribution in [0.5, 0.6) is 0 Å². The summed E-state index contributed by atoms with van der Waals surface area (Å²) in [6.45, 7) is 5.10. The Morgan fingerprint density at radius 1 is 1.19 bits per heavy atom. The van der Waals surface area contributed by atoms with Crippen LogP contribution in [0.4, 0.5) is 0 Å². The van der Waals surface area contributed by atoms with Crippen molar-refractivity contribution in [2.24, 2.45) is 5.92 Å². The Morgan fingerprint density at radius 2 is 2.03 bits per heavy atom. The lowest BCUT2D eigenvalue weighted by Gasteiger charge is -2.24. The van der Waals surface area contributed by atoms with E-state index in [1.54, 1.807) is 28.3 Å². The molecular weight excluding hydrogens is 408 g/mol. The van der Waals surface area contributed by atoms with Crippen LogP contribution in [-0.2, 0) is 11.2 Å². The molecule has 1 aliphatic rings. The summed E-state index contributed by atoms with van der Waals surface area (Å²) >= 11 is 0. The molecule has 1 fully saturated rings. The van der Waals surface area contributed by atoms with Crippen LogP contribution < -0.4 is 5.69 Å². The van der Waals surface area contributed by atoms with Gasteiger partial charge in [0.15, 0.2) is 0 Å². The maximum Gasteiger partial charge on any atom is 0.341 e. The minimum atomic E-state index is -0.547. The van der Waals surface area contributed by atoms with Crippen LogP contribution in [0.15, 0.2) is 66.2 Å². The molecule has 2 N–H and O–H groups in total. The van der Waals surface area contributed by atoms with Crippen molar-refractivity contribution in [3.8, 4) is 11.1 Å². The third-order valence-electron chi connectivity index (χ3n) is 5.54. The molecule has 32 heavy (non-hydrogen) atoms. The van der Waals surface area contributed by atoms with Crippen LogP contribution in [0.25, 0.3) is 11.1 Å². The zero-order valence-electron chi connectivity index (χ0n) is 17.5. The van der Waals surface area contributed by atoms with Crippen molar-refractivity contribution in [1.82, 2.24) is 30.0 Å². The third kappa shape index (κ3) is 4.51. The smallest absolute Gasteiger partial charge is 0.337 e. The van der Waals surface area contributed by atoms with E-state index in [2.05, 4.69) is 26.7 Å². The summed E-state index contributed by atoms with van der Waals surface area (Å²) < 4.78 is 0. The number of nitrogens with one attached hydrogen (secondary N) is 2. The van der Waals surface area contributed by atoms with Crippen LogP contribution in [0.3, 0.4) is 0 Å². The van der Waals surface area contributed by atoms with Crippen molar-refractivity contribution in [1.29, 1.82) is 0 Å². The van der Waals surface area contributed by atoms with Crippen molar-refractivity contribution >= 4 is 11.8 Å². The average molecular weight is 432 g/mol. The van der Waals surface area contributed by atoms with E-state index < -0.39 is 17.5 Å². The maximum absolute atomic E-state index is 13.3. The molecule has 164 valence electrons. The zero-order valence-corrected chi connectivity index (χ0v) is 17.5. The summed E-state index contributed by atoms with van der Waals surface area (Å²) in [6.07, 6.45) is 5.65. The molecule has 0 radical (unpaired) electrons. The van der Waals surface area contributed by atoms with E-state index in [0.717, 1.165) is 16.7 Å². The van der Waals surface area contributed by atoms with Gasteiger partial charge >= 0.3 is 5.69 Å². The molecule has 9 nitrogen and oxygen atoms in total. The fraction of sp³-hybridized carbons (Fsp3) is 0.261. The molecule has 9 heteroatoms. The molecular formula is C23H24N6O3. The standard InChI is InChI=1S/C23H24N6O3/c1-2-10-28-11-12-29(22(31)20-25-23(32)27-26-20)15-18(21(28)30)13-16-6-3-4-8-19(16)17-7-5-9-24-14-17/h2-9,14,18H,1,10-13,15H2,(H2,25,26,27,32)/t18-/m0/s1. The fourth-order valence-corrected chi connectivity index (χ4v) is 4.01. The topological polar surface area (TPSA) is 115 Å². The quantitative estimate of drug-likeness (QED) is 0.573. The normalized spacial score (nSPS) is 16.6. The molecule has 0 bridgehead atoms. The Morgan fingerprint density at radius 3 is 2.75 bits per heavy atom. The molecule has 0 spiro atoms. The number of pyridine rings is 1. The van der Waals surface area contributed by atoms with Crippen LogP contribution in [-0.4, -0.2) is 68.0 Å². The summed E-state index contributed by atoms with van der Waals surface area (Å²) in [6, 6.07) is 11.8. The number of rotatable bonds is 6. The summed E-state index contributed by atoms with van der Waals surface area (Å²) in [5, 5.41) is 5.97. The number of benzene rings is 1. The zero-order chi connectivity index (χ0) is 22.5. The highest BCUT2D eigenvalue weighted by Gasteiger charge is 2.33. The summed E-state index contributed by atoms with van der Waals surface area (Å²) in [4.78, 5) is 47.6. The number of H-pyrrole nitrogens is 2. The van der Waals surface area contributed by atoms with E-state index in [-0.39, 0.29) is 18.3 Å². The molecule has 4 rings (SSSR count). The van der Waals surface area contributed by atoms with Gasteiger partial charge in [0.1, 0.15) is 0 Å². The van der Waals surface area contributed by atoms with Crippen LogP contribution in [0, 0.1) is 5.92 Å². The average Bonchev–Trinajstić information content (AvgIpc) is 3.20. The predicted molar refractivity (Wildman–Crippen MR) is 119 cm³/mol. The highest BCUT2D eigenvalue weighted by Crippen LogP contribution is 2.27. The Hall–Kier alpha value is -4.01. The highest BCUT2D eigenvalue weighted by molar-refractivity contribution is 5.91. The second kappa shape index (κ2) is 9.42. The van der Waals surface area contributed by atoms with E-state index in [1.807, 2.05) is 36.4 Å². The number of aromatic nitrogens is 4. The number of hydrogen-bond donors (Lipinski definition) is 2. The molecule has 2 aromatic heterocycles. The number of nitrogens with zero attached hydrogens (tertiary/aromatic N) is 4. The van der Waals surface area contributed by atoms with Gasteiger partial charge < -0.3 is 9.80 Å². The van der Waals surface area contributed by atoms with Crippen molar-refractivity contribution in [3.63, 3.8) is 0 Å². The van der Waals surface area contributed by atoms with Crippen LogP contribution >= 0.6 is 0 Å². The van der Waals surface area contributed by atoms with Gasteiger partial charge in [0.2, 0.25) is 11.7 Å². The van der Waals surface area contributed by atoms with E-state index in [0.29, 0.717) is 26.1 Å². The lowest BCUT2D eigenvalue weighted by atomic mass is 9.91. The minimum absolute atomic E-state index is 0.0308. The van der Waals surface area contributed by atoms with Gasteiger partial charge in [-0.15, -0.1) is 11.7 Å². The van der Waals surface area contributed by atoms with E-state index in [9.17, 15) is 14.4 Å². The second-order valence-corrected chi connectivity index (χ2v) is 7.65. The summed E-state index contributed by atoms with van der Waals surface area (Å²) in [7, 11) is 0. The largest absolute Gasteiger partial charge is 0.341 e. The first-order valence-corrected chi connectivity index (χ1v) is 10.4. The molecule has 0 aliphatic carbocycles. The molecule has 1 saturated heterocycles. The van der Waals surface area contributed by atoms with Gasteiger partial charge in [-0.25, -0.2) is 9.89 Å². The summed E-state index contributed by atoms with van der Waals surface area (Å²) in [5.41, 5.74) is 2.42. The number of carbonyl (C=O) groups is 2. The van der Waals surface area contributed by atoms with Crippen molar-refractivity contribution in [3.05, 3.63) is 83.3 Å². The molecule has 0 unspecified atom stereocenters. The minimum Gasteiger partial charge on any atom is -0.337 e. The van der Waals surface area contributed by atoms with Crippen molar-refractivity contribution < 1.29 is 9.59 Å². The van der Waals surface area contributed by atoms with Gasteiger partial charge in [-0.2, -0.15) is 0 Å². The molecule has 1 aliphatic heterocycles. The van der Waals surface area contributed by atoms with E-state index in [1.165, 1.54) is 0 Å². The van der Waals surface area contributed by atoms with Gasteiger partial charge in [-0.05, 0) is 23.6 Å². The van der Waals surface area contributed by atoms with Crippen LogP contribution in [0.1, 0.15) is 16.2 Å². The SMILES string of the molecule is C=CCN1CCN(C(=O)c2n[nH]c(=O)[nH]2)C[C@H](Cc2ccccc2-c2cccnc2)C1=O. The van der Waals surface area contributed by atoms with E-state index >= 15 is 0 Å². The van der Waals surface area contributed by atoms with Gasteiger partial charge in [-0.1, -0.05) is 36.4 Å². The van der Waals surface area contributed by atoms with E-state index in [4.69, 9.17) is 0 Å². The first-order valence-electron chi connectivity index (χ1n) is 10.4. The Bertz CT molecular complexity index is 1170. The third-order valence-corrected chi connectivity index (χ3v) is 5.54.